The van der Waals surface area contributed by atoms with Gasteiger partial charge in [0.05, 0.1) is 0 Å². The molecule has 1 atom stereocenters. The third kappa shape index (κ3) is 4.90. The molecule has 1 amide bonds. The van der Waals surface area contributed by atoms with Crippen LogP contribution in [0.3, 0.4) is 0 Å². The fourth-order valence-corrected chi connectivity index (χ4v) is 3.60. The minimum Gasteiger partial charge on any atom is -0.340 e. The van der Waals surface area contributed by atoms with Crippen molar-refractivity contribution in [3.63, 3.8) is 0 Å². The Labute approximate surface area is 160 Å². The third-order valence-corrected chi connectivity index (χ3v) is 5.01. The summed E-state index contributed by atoms with van der Waals surface area (Å²) in [7, 11) is 3.64. The minimum absolute atomic E-state index is 0.0316. The lowest BCUT2D eigenvalue weighted by Gasteiger charge is -2.30. The Kier molecular flexibility index (Phi) is 6.53. The van der Waals surface area contributed by atoms with Crippen molar-refractivity contribution in [2.45, 2.75) is 19.0 Å². The number of hydrogen-bond acceptors (Lipinski definition) is 4. The molecular weight excluding hydrogens is 343 g/mol. The predicted octanol–water partition coefficient (Wildman–Crippen LogP) is 2.56. The first kappa shape index (κ1) is 19.5. The molecule has 0 radical (unpaired) electrons. The zero-order chi connectivity index (χ0) is 19.2. The number of halogens is 1. The Hall–Kier alpha value is -2.31. The Morgan fingerprint density at radius 1 is 1.11 bits per heavy atom. The van der Waals surface area contributed by atoms with Crippen molar-refractivity contribution in [3.05, 3.63) is 65.7 Å². The quantitative estimate of drug-likeness (QED) is 0.811. The van der Waals surface area contributed by atoms with Crippen LogP contribution in [0.5, 0.6) is 0 Å². The van der Waals surface area contributed by atoms with Gasteiger partial charge >= 0.3 is 0 Å². The van der Waals surface area contributed by atoms with Crippen molar-refractivity contribution < 1.29 is 9.18 Å². The smallest absolute Gasteiger partial charge is 0.244 e. The van der Waals surface area contributed by atoms with Crippen LogP contribution in [0.2, 0.25) is 0 Å². The summed E-state index contributed by atoms with van der Waals surface area (Å²) in [5.41, 5.74) is 1.66. The van der Waals surface area contributed by atoms with Crippen LogP contribution in [0.25, 0.3) is 0 Å². The molecule has 1 fully saturated rings. The van der Waals surface area contributed by atoms with Crippen LogP contribution < -0.4 is 0 Å². The number of carbonyl (C=O) groups excluding carboxylic acids is 1. The van der Waals surface area contributed by atoms with Gasteiger partial charge in [-0.05, 0) is 44.3 Å². The summed E-state index contributed by atoms with van der Waals surface area (Å²) in [6, 6.07) is 9.99. The van der Waals surface area contributed by atoms with Gasteiger partial charge in [0.2, 0.25) is 5.91 Å². The highest BCUT2D eigenvalue weighted by Crippen LogP contribution is 2.24. The van der Waals surface area contributed by atoms with E-state index in [1.807, 2.05) is 31.1 Å². The van der Waals surface area contributed by atoms with Crippen LogP contribution in [0.4, 0.5) is 4.39 Å². The lowest BCUT2D eigenvalue weighted by Crippen LogP contribution is -2.42. The van der Waals surface area contributed by atoms with E-state index < -0.39 is 6.04 Å². The van der Waals surface area contributed by atoms with E-state index in [4.69, 9.17) is 0 Å². The Morgan fingerprint density at radius 2 is 1.85 bits per heavy atom. The molecule has 6 heteroatoms. The van der Waals surface area contributed by atoms with Gasteiger partial charge in [-0.25, -0.2) is 4.39 Å². The molecule has 2 heterocycles. The molecule has 0 aliphatic carbocycles. The van der Waals surface area contributed by atoms with E-state index in [2.05, 4.69) is 9.88 Å². The lowest BCUT2D eigenvalue weighted by molar-refractivity contribution is -0.136. The maximum absolute atomic E-state index is 14.3. The molecule has 0 unspecified atom stereocenters. The van der Waals surface area contributed by atoms with Gasteiger partial charge in [-0.2, -0.15) is 0 Å². The molecule has 1 aliphatic heterocycles. The van der Waals surface area contributed by atoms with E-state index in [0.29, 0.717) is 18.7 Å². The Morgan fingerprint density at radius 3 is 2.56 bits per heavy atom. The van der Waals surface area contributed by atoms with Gasteiger partial charge in [0.25, 0.3) is 0 Å². The number of amides is 1. The monoisotopic (exact) mass is 370 g/mol. The van der Waals surface area contributed by atoms with E-state index in [-0.39, 0.29) is 11.7 Å². The van der Waals surface area contributed by atoms with Crippen LogP contribution in [0.15, 0.2) is 48.8 Å². The van der Waals surface area contributed by atoms with Crippen molar-refractivity contribution in [1.82, 2.24) is 19.7 Å². The number of nitrogens with zero attached hydrogens (tertiary/aromatic N) is 4. The van der Waals surface area contributed by atoms with Crippen LogP contribution in [0.1, 0.15) is 23.6 Å². The van der Waals surface area contributed by atoms with Crippen molar-refractivity contribution in [1.29, 1.82) is 0 Å². The molecule has 3 rings (SSSR count). The highest BCUT2D eigenvalue weighted by atomic mass is 19.1. The van der Waals surface area contributed by atoms with Gasteiger partial charge in [-0.3, -0.25) is 19.6 Å². The van der Waals surface area contributed by atoms with Crippen molar-refractivity contribution in [2.24, 2.45) is 0 Å². The Balaban J connectivity index is 1.68. The van der Waals surface area contributed by atoms with Gasteiger partial charge < -0.3 is 4.90 Å². The first-order chi connectivity index (χ1) is 13.1. The molecule has 2 aromatic rings. The number of benzene rings is 1. The highest BCUT2D eigenvalue weighted by Gasteiger charge is 2.30. The SMILES string of the molecule is CN(C)[C@H](C(=O)N1CCCN(Cc2ccncc2)CC1)c1ccccc1F. The number of carbonyl (C=O) groups is 1. The first-order valence-corrected chi connectivity index (χ1v) is 9.37. The lowest BCUT2D eigenvalue weighted by atomic mass is 10.0. The topological polar surface area (TPSA) is 39.7 Å². The maximum atomic E-state index is 14.3. The molecule has 0 spiro atoms. The molecule has 0 bridgehead atoms. The predicted molar refractivity (Wildman–Crippen MR) is 104 cm³/mol. The van der Waals surface area contributed by atoms with Gasteiger partial charge in [0.1, 0.15) is 11.9 Å². The van der Waals surface area contributed by atoms with E-state index in [1.165, 1.54) is 11.6 Å². The summed E-state index contributed by atoms with van der Waals surface area (Å²) in [6.07, 6.45) is 4.52. The molecule has 144 valence electrons. The van der Waals surface area contributed by atoms with E-state index in [0.717, 1.165) is 26.1 Å². The molecule has 0 N–H and O–H groups in total. The van der Waals surface area contributed by atoms with Gasteiger partial charge in [-0.15, -0.1) is 0 Å². The fourth-order valence-electron chi connectivity index (χ4n) is 3.60. The largest absolute Gasteiger partial charge is 0.340 e. The van der Waals surface area contributed by atoms with Gasteiger partial charge in [0.15, 0.2) is 0 Å². The summed E-state index contributed by atoms with van der Waals surface area (Å²) >= 11 is 0. The normalized spacial score (nSPS) is 17.0. The summed E-state index contributed by atoms with van der Waals surface area (Å²) < 4.78 is 14.3. The third-order valence-electron chi connectivity index (χ3n) is 5.01. The molecular formula is C21H27FN4O. The average molecular weight is 370 g/mol. The Bertz CT molecular complexity index is 753. The van der Waals surface area contributed by atoms with Crippen molar-refractivity contribution in [3.8, 4) is 0 Å². The average Bonchev–Trinajstić information content (AvgIpc) is 2.90. The summed E-state index contributed by atoms with van der Waals surface area (Å²) in [6.45, 7) is 3.96. The molecule has 1 aromatic carbocycles. The second kappa shape index (κ2) is 9.06. The van der Waals surface area contributed by atoms with E-state index >= 15 is 0 Å². The molecule has 27 heavy (non-hydrogen) atoms. The number of pyridine rings is 1. The maximum Gasteiger partial charge on any atom is 0.244 e. The van der Waals surface area contributed by atoms with Gasteiger partial charge in [-0.1, -0.05) is 18.2 Å². The van der Waals surface area contributed by atoms with E-state index in [1.54, 1.807) is 35.5 Å². The number of aromatic nitrogens is 1. The molecule has 0 saturated carbocycles. The summed E-state index contributed by atoms with van der Waals surface area (Å²) in [5, 5.41) is 0. The van der Waals surface area contributed by atoms with Crippen molar-refractivity contribution in [2.75, 3.05) is 40.3 Å². The highest BCUT2D eigenvalue weighted by molar-refractivity contribution is 5.83. The zero-order valence-corrected chi connectivity index (χ0v) is 16.0. The number of likely N-dealkylation sites (N-methyl/N-ethyl adjacent to an activating group) is 1. The van der Waals surface area contributed by atoms with E-state index in [9.17, 15) is 9.18 Å². The van der Waals surface area contributed by atoms with Gasteiger partial charge in [0, 0.05) is 50.7 Å². The first-order valence-electron chi connectivity index (χ1n) is 9.37. The summed E-state index contributed by atoms with van der Waals surface area (Å²) in [4.78, 5) is 23.3. The number of rotatable bonds is 5. The fraction of sp³-hybridized carbons (Fsp3) is 0.429. The molecule has 5 nitrogen and oxygen atoms in total. The molecule has 1 aliphatic rings. The van der Waals surface area contributed by atoms with Crippen molar-refractivity contribution >= 4 is 5.91 Å². The second-order valence-corrected chi connectivity index (χ2v) is 7.20. The minimum atomic E-state index is -0.599. The van der Waals surface area contributed by atoms with Crippen LogP contribution >= 0.6 is 0 Å². The van der Waals surface area contributed by atoms with Crippen LogP contribution in [0, 0.1) is 5.82 Å². The zero-order valence-electron chi connectivity index (χ0n) is 16.0. The molecule has 1 aromatic heterocycles. The second-order valence-electron chi connectivity index (χ2n) is 7.20. The van der Waals surface area contributed by atoms with Crippen LogP contribution in [-0.4, -0.2) is 65.9 Å². The van der Waals surface area contributed by atoms with Crippen LogP contribution in [-0.2, 0) is 11.3 Å². The summed E-state index contributed by atoms with van der Waals surface area (Å²) in [5.74, 6) is -0.366. The number of hydrogen-bond donors (Lipinski definition) is 0. The molecule has 1 saturated heterocycles. The standard InChI is InChI=1S/C21H27FN4O/c1-24(2)20(18-6-3-4-7-19(18)22)21(27)26-13-5-12-25(14-15-26)16-17-8-10-23-11-9-17/h3-4,6-11,20H,5,12-16H2,1-2H3/t20-/m0/s1.